The second-order valence-electron chi connectivity index (χ2n) is 7.52. The van der Waals surface area contributed by atoms with Crippen LogP contribution in [-0.4, -0.2) is 60.5 Å². The summed E-state index contributed by atoms with van der Waals surface area (Å²) in [5, 5.41) is 7.74. The molecule has 3 rings (SSSR count). The summed E-state index contributed by atoms with van der Waals surface area (Å²) in [5.41, 5.74) is 1.34. The van der Waals surface area contributed by atoms with Crippen molar-refractivity contribution in [2.45, 2.75) is 32.9 Å². The maximum Gasteiger partial charge on any atom is 0.321 e. The Labute approximate surface area is 166 Å². The van der Waals surface area contributed by atoms with Gasteiger partial charge < -0.3 is 5.32 Å². The lowest BCUT2D eigenvalue weighted by Crippen LogP contribution is -2.51. The highest BCUT2D eigenvalue weighted by Gasteiger charge is 2.20. The van der Waals surface area contributed by atoms with Crippen LogP contribution in [-0.2, 0) is 11.3 Å². The fourth-order valence-electron chi connectivity index (χ4n) is 3.51. The Hall–Kier alpha value is -2.44. The topological polar surface area (TPSA) is 64.7 Å². The monoisotopic (exact) mass is 382 g/mol. The molecular weight excluding hydrogens is 352 g/mol. The van der Waals surface area contributed by atoms with Crippen molar-refractivity contribution >= 4 is 22.7 Å². The summed E-state index contributed by atoms with van der Waals surface area (Å²) in [7, 11) is 0. The van der Waals surface area contributed by atoms with E-state index < -0.39 is 6.03 Å². The zero-order chi connectivity index (χ0) is 19.9. The molecule has 28 heavy (non-hydrogen) atoms. The number of carbonyl (C=O) groups excluding carboxylic acids is 2. The van der Waals surface area contributed by atoms with Crippen LogP contribution in [0.5, 0.6) is 0 Å². The van der Waals surface area contributed by atoms with Crippen LogP contribution < -0.4 is 10.6 Å². The Morgan fingerprint density at radius 2 is 1.68 bits per heavy atom. The summed E-state index contributed by atoms with van der Waals surface area (Å²) < 4.78 is 0. The molecule has 0 spiro atoms. The van der Waals surface area contributed by atoms with Gasteiger partial charge in [-0.15, -0.1) is 0 Å². The lowest BCUT2D eigenvalue weighted by Gasteiger charge is -2.34. The maximum atomic E-state index is 12.1. The first-order chi connectivity index (χ1) is 13.5. The van der Waals surface area contributed by atoms with Gasteiger partial charge >= 0.3 is 6.03 Å². The minimum Gasteiger partial charge on any atom is -0.335 e. The first kappa shape index (κ1) is 20.3. The number of hydrogen-bond donors (Lipinski definition) is 2. The van der Waals surface area contributed by atoms with Crippen molar-refractivity contribution in [2.75, 3.05) is 32.7 Å². The zero-order valence-electron chi connectivity index (χ0n) is 16.8. The van der Waals surface area contributed by atoms with Gasteiger partial charge in [-0.1, -0.05) is 49.4 Å². The highest BCUT2D eigenvalue weighted by Crippen LogP contribution is 2.20. The van der Waals surface area contributed by atoms with E-state index in [9.17, 15) is 9.59 Å². The predicted octanol–water partition coefficient (Wildman–Crippen LogP) is 2.58. The van der Waals surface area contributed by atoms with Crippen molar-refractivity contribution in [3.05, 3.63) is 48.0 Å². The van der Waals surface area contributed by atoms with Crippen LogP contribution in [0.2, 0.25) is 0 Å². The van der Waals surface area contributed by atoms with Crippen molar-refractivity contribution < 1.29 is 9.59 Å². The molecule has 150 valence electrons. The summed E-state index contributed by atoms with van der Waals surface area (Å²) in [4.78, 5) is 28.4. The molecule has 0 aromatic heterocycles. The Morgan fingerprint density at radius 1 is 1.00 bits per heavy atom. The molecule has 0 radical (unpaired) electrons. The Bertz CT molecular complexity index is 810. The Balaban J connectivity index is 1.45. The molecule has 1 aliphatic rings. The van der Waals surface area contributed by atoms with Crippen LogP contribution in [0.1, 0.15) is 25.8 Å². The van der Waals surface area contributed by atoms with E-state index in [0.717, 1.165) is 39.1 Å². The summed E-state index contributed by atoms with van der Waals surface area (Å²) in [6.45, 7) is 8.56. The maximum absolute atomic E-state index is 12.1. The highest BCUT2D eigenvalue weighted by atomic mass is 16.2. The van der Waals surface area contributed by atoms with Crippen LogP contribution in [0.25, 0.3) is 10.8 Å². The third kappa shape index (κ3) is 5.53. The van der Waals surface area contributed by atoms with Gasteiger partial charge in [0, 0.05) is 38.8 Å². The number of amides is 3. The molecule has 1 heterocycles. The first-order valence-corrected chi connectivity index (χ1v) is 10.1. The summed E-state index contributed by atoms with van der Waals surface area (Å²) in [6.07, 6.45) is 0.834. The summed E-state index contributed by atoms with van der Waals surface area (Å²) in [6, 6.07) is 14.6. The van der Waals surface area contributed by atoms with Crippen LogP contribution >= 0.6 is 0 Å². The molecule has 2 aromatic rings. The van der Waals surface area contributed by atoms with Gasteiger partial charge in [-0.05, 0) is 29.7 Å². The summed E-state index contributed by atoms with van der Waals surface area (Å²) in [5.74, 6) is -0.247. The van der Waals surface area contributed by atoms with Gasteiger partial charge in [-0.25, -0.2) is 4.79 Å². The number of rotatable bonds is 6. The van der Waals surface area contributed by atoms with E-state index in [-0.39, 0.29) is 18.5 Å². The third-order valence-electron chi connectivity index (χ3n) is 5.35. The minimum atomic E-state index is -0.408. The van der Waals surface area contributed by atoms with E-state index in [1.807, 2.05) is 13.8 Å². The first-order valence-electron chi connectivity index (χ1n) is 10.1. The van der Waals surface area contributed by atoms with Crippen molar-refractivity contribution in [1.82, 2.24) is 20.4 Å². The molecule has 3 amide bonds. The third-order valence-corrected chi connectivity index (χ3v) is 5.35. The predicted molar refractivity (Wildman–Crippen MR) is 112 cm³/mol. The quantitative estimate of drug-likeness (QED) is 0.806. The number of urea groups is 1. The molecule has 0 saturated carbocycles. The number of piperazine rings is 1. The molecule has 6 nitrogen and oxygen atoms in total. The fraction of sp³-hybridized carbons (Fsp3) is 0.455. The lowest BCUT2D eigenvalue weighted by atomic mass is 10.0. The normalized spacial score (nSPS) is 16.6. The van der Waals surface area contributed by atoms with Crippen LogP contribution in [0.15, 0.2) is 42.5 Å². The van der Waals surface area contributed by atoms with Crippen molar-refractivity contribution in [3.8, 4) is 0 Å². The van der Waals surface area contributed by atoms with Crippen LogP contribution in [0, 0.1) is 0 Å². The van der Waals surface area contributed by atoms with E-state index >= 15 is 0 Å². The Kier molecular flexibility index (Phi) is 7.01. The zero-order valence-corrected chi connectivity index (χ0v) is 16.8. The molecule has 1 atom stereocenters. The molecule has 1 saturated heterocycles. The average Bonchev–Trinajstić information content (AvgIpc) is 2.69. The van der Waals surface area contributed by atoms with E-state index in [1.54, 1.807) is 0 Å². The lowest BCUT2D eigenvalue weighted by molar-refractivity contribution is -0.121. The number of fused-ring (bicyclic) bond motifs is 1. The van der Waals surface area contributed by atoms with Gasteiger partial charge in [0.15, 0.2) is 0 Å². The molecular formula is C22H30N4O2. The van der Waals surface area contributed by atoms with E-state index in [0.29, 0.717) is 0 Å². The average molecular weight is 383 g/mol. The molecule has 0 aliphatic carbocycles. The van der Waals surface area contributed by atoms with Crippen LogP contribution in [0.3, 0.4) is 0 Å². The highest BCUT2D eigenvalue weighted by molar-refractivity contribution is 5.95. The largest absolute Gasteiger partial charge is 0.335 e. The molecule has 0 bridgehead atoms. The number of carbonyl (C=O) groups is 2. The second-order valence-corrected chi connectivity index (χ2v) is 7.52. The molecule has 0 unspecified atom stereocenters. The minimum absolute atomic E-state index is 0.0606. The number of imide groups is 1. The van der Waals surface area contributed by atoms with Gasteiger partial charge in [0.1, 0.15) is 0 Å². The summed E-state index contributed by atoms with van der Waals surface area (Å²) >= 11 is 0. The molecule has 1 fully saturated rings. The van der Waals surface area contributed by atoms with Gasteiger partial charge in [-0.2, -0.15) is 0 Å². The van der Waals surface area contributed by atoms with Gasteiger partial charge in [0.05, 0.1) is 6.54 Å². The SMILES string of the molecule is CC[C@H](C)NC(=O)NC(=O)CN1CCN(Cc2cccc3ccccc23)CC1. The molecule has 2 aromatic carbocycles. The number of benzene rings is 2. The van der Waals surface area contributed by atoms with E-state index in [1.165, 1.54) is 16.3 Å². The van der Waals surface area contributed by atoms with Crippen molar-refractivity contribution in [3.63, 3.8) is 0 Å². The fourth-order valence-corrected chi connectivity index (χ4v) is 3.51. The smallest absolute Gasteiger partial charge is 0.321 e. The molecule has 6 heteroatoms. The van der Waals surface area contributed by atoms with E-state index in [2.05, 4.69) is 62.9 Å². The van der Waals surface area contributed by atoms with Gasteiger partial charge in [-0.3, -0.25) is 19.9 Å². The second kappa shape index (κ2) is 9.66. The van der Waals surface area contributed by atoms with Crippen LogP contribution in [0.4, 0.5) is 4.79 Å². The standard InChI is InChI=1S/C22H30N4O2/c1-3-17(2)23-22(28)24-21(27)16-26-13-11-25(12-14-26)15-19-9-6-8-18-7-4-5-10-20(18)19/h4-10,17H,3,11-16H2,1-2H3,(H2,23,24,27,28)/t17-/m0/s1. The van der Waals surface area contributed by atoms with Gasteiger partial charge in [0.25, 0.3) is 0 Å². The number of nitrogens with zero attached hydrogens (tertiary/aromatic N) is 2. The van der Waals surface area contributed by atoms with Gasteiger partial charge in [0.2, 0.25) is 5.91 Å². The molecule has 2 N–H and O–H groups in total. The Morgan fingerprint density at radius 3 is 2.43 bits per heavy atom. The molecule has 1 aliphatic heterocycles. The number of hydrogen-bond acceptors (Lipinski definition) is 4. The van der Waals surface area contributed by atoms with E-state index in [4.69, 9.17) is 0 Å². The van der Waals surface area contributed by atoms with Crippen molar-refractivity contribution in [2.24, 2.45) is 0 Å². The number of nitrogens with one attached hydrogen (secondary N) is 2. The van der Waals surface area contributed by atoms with Crippen molar-refractivity contribution in [1.29, 1.82) is 0 Å².